The molecule has 0 aliphatic carbocycles. The van der Waals surface area contributed by atoms with Crippen molar-refractivity contribution in [2.24, 2.45) is 0 Å². The Morgan fingerprint density at radius 2 is 2.17 bits per heavy atom. The van der Waals surface area contributed by atoms with E-state index >= 15 is 0 Å². The van der Waals surface area contributed by atoms with Crippen LogP contribution in [0.5, 0.6) is 0 Å². The highest BCUT2D eigenvalue weighted by molar-refractivity contribution is 4.83. The van der Waals surface area contributed by atoms with Gasteiger partial charge in [-0.3, -0.25) is 0 Å². The summed E-state index contributed by atoms with van der Waals surface area (Å²) in [6.45, 7) is 5.28. The van der Waals surface area contributed by atoms with E-state index in [4.69, 9.17) is 0 Å². The molecule has 0 aromatic heterocycles. The van der Waals surface area contributed by atoms with Crippen molar-refractivity contribution in [2.75, 3.05) is 13.6 Å². The average Bonchev–Trinajstić information content (AvgIpc) is 2.43. The molecule has 1 aliphatic rings. The van der Waals surface area contributed by atoms with Gasteiger partial charge in [0.05, 0.1) is 0 Å². The fourth-order valence-electron chi connectivity index (χ4n) is 1.25. The summed E-state index contributed by atoms with van der Waals surface area (Å²) in [5.41, 5.74) is 1.33. The summed E-state index contributed by atoms with van der Waals surface area (Å²) in [6.07, 6.45) is 5.78. The van der Waals surface area contributed by atoms with Gasteiger partial charge in [-0.2, -0.15) is 0 Å². The summed E-state index contributed by atoms with van der Waals surface area (Å²) in [4.78, 5) is 4.32. The number of nitrogens with zero attached hydrogens (tertiary/aromatic N) is 3. The van der Waals surface area contributed by atoms with Crippen molar-refractivity contribution in [3.05, 3.63) is 11.9 Å². The number of unbranched alkanes of at least 4 members (excludes halogenated alkanes) is 1. The Kier molecular flexibility index (Phi) is 3.18. The third-order valence-corrected chi connectivity index (χ3v) is 2.07. The van der Waals surface area contributed by atoms with Crippen molar-refractivity contribution in [3.8, 4) is 0 Å². The molecule has 3 heteroatoms. The summed E-state index contributed by atoms with van der Waals surface area (Å²) in [7, 11) is 2.01. The van der Waals surface area contributed by atoms with Crippen LogP contribution < -0.4 is 4.91 Å². The van der Waals surface area contributed by atoms with Crippen molar-refractivity contribution in [3.63, 3.8) is 0 Å². The van der Waals surface area contributed by atoms with Gasteiger partial charge in [-0.05, 0) is 6.42 Å². The fraction of sp³-hybridized carbons (Fsp3) is 0.778. The van der Waals surface area contributed by atoms with E-state index in [1.807, 2.05) is 16.4 Å². The van der Waals surface area contributed by atoms with Crippen LogP contribution in [0, 0.1) is 0 Å². The molecule has 0 N–H and O–H groups in total. The van der Waals surface area contributed by atoms with Crippen LogP contribution in [0.1, 0.15) is 33.1 Å². The van der Waals surface area contributed by atoms with Gasteiger partial charge in [-0.1, -0.05) is 13.3 Å². The van der Waals surface area contributed by atoms with E-state index in [0.717, 1.165) is 13.0 Å². The molecule has 3 nitrogen and oxygen atoms in total. The zero-order valence-corrected chi connectivity index (χ0v) is 8.25. The van der Waals surface area contributed by atoms with Gasteiger partial charge in [0.25, 0.3) is 0 Å². The van der Waals surface area contributed by atoms with Crippen LogP contribution >= 0.6 is 0 Å². The monoisotopic (exact) mass is 168 g/mol. The van der Waals surface area contributed by atoms with Crippen molar-refractivity contribution >= 4 is 0 Å². The number of rotatable bonds is 4. The van der Waals surface area contributed by atoms with Gasteiger partial charge in [-0.15, -0.1) is 0 Å². The summed E-state index contributed by atoms with van der Waals surface area (Å²) < 4.78 is 3.95. The van der Waals surface area contributed by atoms with Crippen LogP contribution in [-0.4, -0.2) is 23.0 Å². The number of hydrogen-bond acceptors (Lipinski definition) is 0. The maximum atomic E-state index is 4.32. The lowest BCUT2D eigenvalue weighted by atomic mass is 10.2. The second-order valence-corrected chi connectivity index (χ2v) is 3.09. The molecule has 0 aromatic rings. The van der Waals surface area contributed by atoms with Crippen LogP contribution in [0.4, 0.5) is 0 Å². The third kappa shape index (κ3) is 2.02. The van der Waals surface area contributed by atoms with Crippen molar-refractivity contribution < 1.29 is 9.39 Å². The van der Waals surface area contributed by atoms with E-state index in [9.17, 15) is 0 Å². The maximum Gasteiger partial charge on any atom is 0.534 e. The molecule has 0 radical (unpaired) electrons. The Balaban J connectivity index is 2.57. The summed E-state index contributed by atoms with van der Waals surface area (Å²) in [6, 6.07) is 0. The number of allylic oxidation sites excluding steroid dienone is 1. The van der Waals surface area contributed by atoms with E-state index in [2.05, 4.69) is 25.0 Å². The first-order valence-corrected chi connectivity index (χ1v) is 4.70. The minimum absolute atomic E-state index is 0.958. The van der Waals surface area contributed by atoms with Gasteiger partial charge in [-0.25, -0.2) is 0 Å². The summed E-state index contributed by atoms with van der Waals surface area (Å²) in [5.74, 6) is 0. The topological polar surface area (TPSA) is 20.1 Å². The maximum absolute atomic E-state index is 4.32. The lowest BCUT2D eigenvalue weighted by Gasteiger charge is -1.84. The van der Waals surface area contributed by atoms with E-state index in [-0.39, 0.29) is 0 Å². The summed E-state index contributed by atoms with van der Waals surface area (Å²) >= 11 is 0. The molecule has 1 heterocycles. The zero-order chi connectivity index (χ0) is 8.97. The smallest absolute Gasteiger partial charge is 0.0654 e. The molecule has 1 aliphatic heterocycles. The molecule has 0 fully saturated rings. The Labute approximate surface area is 73.7 Å². The standard InChI is InChI=1S/C9H18N3/c1-4-6-7-9-8-12(5-2)10-11(9)3/h8H,4-7H2,1-3H3/q+3. The molecule has 0 saturated carbocycles. The van der Waals surface area contributed by atoms with Gasteiger partial charge in [0.2, 0.25) is 23.0 Å². The minimum Gasteiger partial charge on any atom is -0.0654 e. The van der Waals surface area contributed by atoms with Gasteiger partial charge in [0.15, 0.2) is 0 Å². The van der Waals surface area contributed by atoms with E-state index in [1.54, 1.807) is 0 Å². The van der Waals surface area contributed by atoms with Crippen LogP contribution in [0.25, 0.3) is 0 Å². The molecular formula is C9H18N3+3. The average molecular weight is 168 g/mol. The van der Waals surface area contributed by atoms with Gasteiger partial charge in [0, 0.05) is 13.3 Å². The normalized spacial score (nSPS) is 15.8. The number of hydrogen-bond donors (Lipinski definition) is 0. The van der Waals surface area contributed by atoms with Crippen LogP contribution in [0.3, 0.4) is 0 Å². The Hall–Kier alpha value is -0.950. The molecule has 0 atom stereocenters. The highest BCUT2D eigenvalue weighted by Crippen LogP contribution is 2.08. The first-order valence-electron chi connectivity index (χ1n) is 4.70. The highest BCUT2D eigenvalue weighted by atomic mass is 15.4. The second kappa shape index (κ2) is 4.17. The molecule has 0 unspecified atom stereocenters. The first-order chi connectivity index (χ1) is 5.77. The molecule has 0 saturated heterocycles. The second-order valence-electron chi connectivity index (χ2n) is 3.09. The first kappa shape index (κ1) is 9.14. The van der Waals surface area contributed by atoms with Crippen molar-refractivity contribution in [2.45, 2.75) is 33.1 Å². The Morgan fingerprint density at radius 1 is 1.42 bits per heavy atom. The lowest BCUT2D eigenvalue weighted by Crippen LogP contribution is -2.03. The van der Waals surface area contributed by atoms with E-state index < -0.39 is 0 Å². The quantitative estimate of drug-likeness (QED) is 0.449. The molecule has 0 spiro atoms. The lowest BCUT2D eigenvalue weighted by molar-refractivity contribution is -0.627. The van der Waals surface area contributed by atoms with Crippen molar-refractivity contribution in [1.29, 1.82) is 0 Å². The molecule has 0 aromatic carbocycles. The summed E-state index contributed by atoms with van der Waals surface area (Å²) in [5, 5.41) is 0. The highest BCUT2D eigenvalue weighted by Gasteiger charge is 2.34. The van der Waals surface area contributed by atoms with Crippen molar-refractivity contribution in [1.82, 2.24) is 4.91 Å². The van der Waals surface area contributed by atoms with Gasteiger partial charge < -0.3 is 0 Å². The Bertz CT molecular complexity index is 257. The SMILES string of the molecule is CCCCC1=C[N+](CC)=[N+]=[N+]1C. The largest absolute Gasteiger partial charge is 0.534 e. The molecular weight excluding hydrogens is 150 g/mol. The van der Waals surface area contributed by atoms with Gasteiger partial charge >= 0.3 is 16.8 Å². The fourth-order valence-corrected chi connectivity index (χ4v) is 1.25. The molecule has 0 bridgehead atoms. The van der Waals surface area contributed by atoms with E-state index in [1.165, 1.54) is 18.5 Å². The Morgan fingerprint density at radius 3 is 2.67 bits per heavy atom. The minimum atomic E-state index is 0.958. The zero-order valence-electron chi connectivity index (χ0n) is 8.25. The predicted octanol–water partition coefficient (Wildman–Crippen LogP) is 1.68. The van der Waals surface area contributed by atoms with Crippen LogP contribution in [0.2, 0.25) is 0 Å². The van der Waals surface area contributed by atoms with Crippen LogP contribution in [0.15, 0.2) is 11.9 Å². The molecule has 0 amide bonds. The predicted molar refractivity (Wildman–Crippen MR) is 46.7 cm³/mol. The molecule has 12 heavy (non-hydrogen) atoms. The molecule has 66 valence electrons. The third-order valence-electron chi connectivity index (χ3n) is 2.07. The van der Waals surface area contributed by atoms with E-state index in [0.29, 0.717) is 0 Å². The van der Waals surface area contributed by atoms with Crippen LogP contribution in [-0.2, 0) is 0 Å². The van der Waals surface area contributed by atoms with Gasteiger partial charge in [0.1, 0.15) is 0 Å². The molecule has 1 rings (SSSR count).